The standard InChI is InChI=1S/C19H28N2O3/c1-5-24-19(23)16-7-6-10-21(12-16)15(4)18(22)20-17-11-13(2)8-9-14(17)3/h8-9,11,15-16H,5-7,10,12H2,1-4H3,(H,20,22)/p+1/t15-,16+/m0/s1. The van der Waals surface area contributed by atoms with Gasteiger partial charge in [-0.3, -0.25) is 9.59 Å². The smallest absolute Gasteiger partial charge is 0.314 e. The molecule has 132 valence electrons. The van der Waals surface area contributed by atoms with Gasteiger partial charge in [0.25, 0.3) is 5.91 Å². The number of rotatable bonds is 5. The molecule has 0 bridgehead atoms. The van der Waals surface area contributed by atoms with E-state index in [1.807, 2.05) is 45.9 Å². The van der Waals surface area contributed by atoms with Crippen molar-refractivity contribution in [2.24, 2.45) is 5.92 Å². The number of benzene rings is 1. The highest BCUT2D eigenvalue weighted by Gasteiger charge is 2.34. The highest BCUT2D eigenvalue weighted by atomic mass is 16.5. The second kappa shape index (κ2) is 8.29. The molecule has 24 heavy (non-hydrogen) atoms. The Bertz CT molecular complexity index is 600. The Balaban J connectivity index is 1.99. The third kappa shape index (κ3) is 4.57. The van der Waals surface area contributed by atoms with E-state index in [2.05, 4.69) is 5.32 Å². The zero-order valence-corrected chi connectivity index (χ0v) is 15.1. The Kier molecular flexibility index (Phi) is 6.37. The first-order chi connectivity index (χ1) is 11.4. The number of ether oxygens (including phenoxy) is 1. The zero-order chi connectivity index (χ0) is 17.7. The number of carbonyl (C=O) groups excluding carboxylic acids is 2. The summed E-state index contributed by atoms with van der Waals surface area (Å²) in [5, 5.41) is 3.04. The van der Waals surface area contributed by atoms with Crippen molar-refractivity contribution in [3.8, 4) is 0 Å². The summed E-state index contributed by atoms with van der Waals surface area (Å²) < 4.78 is 5.14. The SMILES string of the molecule is CCOC(=O)[C@@H]1CCC[NH+]([C@@H](C)C(=O)Nc2cc(C)ccc2C)C1. The summed E-state index contributed by atoms with van der Waals surface area (Å²) in [6.45, 7) is 9.75. The lowest BCUT2D eigenvalue weighted by molar-refractivity contribution is -0.921. The second-order valence-corrected chi connectivity index (χ2v) is 6.73. The molecule has 0 radical (unpaired) electrons. The van der Waals surface area contributed by atoms with Crippen molar-refractivity contribution >= 4 is 17.6 Å². The molecular formula is C19H29N2O3+. The summed E-state index contributed by atoms with van der Waals surface area (Å²) in [5.41, 5.74) is 3.04. The number of piperidine rings is 1. The van der Waals surface area contributed by atoms with Crippen molar-refractivity contribution in [1.82, 2.24) is 0 Å². The molecule has 5 nitrogen and oxygen atoms in total. The van der Waals surface area contributed by atoms with E-state index < -0.39 is 0 Å². The first kappa shape index (κ1) is 18.5. The summed E-state index contributed by atoms with van der Waals surface area (Å²) >= 11 is 0. The fourth-order valence-electron chi connectivity index (χ4n) is 3.25. The molecule has 1 aromatic rings. The Morgan fingerprint density at radius 1 is 1.38 bits per heavy atom. The van der Waals surface area contributed by atoms with Crippen LogP contribution in [0.1, 0.15) is 37.8 Å². The van der Waals surface area contributed by atoms with Crippen LogP contribution < -0.4 is 10.2 Å². The van der Waals surface area contributed by atoms with Crippen LogP contribution in [0.2, 0.25) is 0 Å². The van der Waals surface area contributed by atoms with Crippen molar-refractivity contribution in [3.05, 3.63) is 29.3 Å². The van der Waals surface area contributed by atoms with Crippen LogP contribution in [0.3, 0.4) is 0 Å². The van der Waals surface area contributed by atoms with E-state index in [-0.39, 0.29) is 23.8 Å². The molecule has 0 aliphatic carbocycles. The fraction of sp³-hybridized carbons (Fsp3) is 0.579. The average Bonchev–Trinajstić information content (AvgIpc) is 2.57. The predicted octanol–water partition coefficient (Wildman–Crippen LogP) is 1.49. The van der Waals surface area contributed by atoms with E-state index in [0.717, 1.165) is 41.1 Å². The van der Waals surface area contributed by atoms with Crippen LogP contribution in [0.15, 0.2) is 18.2 Å². The number of anilines is 1. The van der Waals surface area contributed by atoms with Gasteiger partial charge >= 0.3 is 5.97 Å². The van der Waals surface area contributed by atoms with E-state index in [0.29, 0.717) is 13.2 Å². The Hall–Kier alpha value is -1.88. The largest absolute Gasteiger partial charge is 0.466 e. The topological polar surface area (TPSA) is 59.8 Å². The lowest BCUT2D eigenvalue weighted by atomic mass is 9.97. The monoisotopic (exact) mass is 333 g/mol. The van der Waals surface area contributed by atoms with Crippen LogP contribution >= 0.6 is 0 Å². The van der Waals surface area contributed by atoms with Gasteiger partial charge in [-0.2, -0.15) is 0 Å². The maximum Gasteiger partial charge on any atom is 0.314 e. The van der Waals surface area contributed by atoms with E-state index in [4.69, 9.17) is 4.74 Å². The number of nitrogens with one attached hydrogen (secondary N) is 2. The third-order valence-electron chi connectivity index (χ3n) is 4.84. The van der Waals surface area contributed by atoms with Crippen LogP contribution in [0.25, 0.3) is 0 Å². The molecule has 1 heterocycles. The van der Waals surface area contributed by atoms with Gasteiger partial charge in [-0.15, -0.1) is 0 Å². The van der Waals surface area contributed by atoms with Gasteiger partial charge in [0.1, 0.15) is 5.92 Å². The molecule has 1 fully saturated rings. The first-order valence-corrected chi connectivity index (χ1v) is 8.81. The molecule has 1 aliphatic rings. The van der Waals surface area contributed by atoms with Gasteiger partial charge < -0.3 is 15.0 Å². The van der Waals surface area contributed by atoms with Gasteiger partial charge in [0, 0.05) is 5.69 Å². The molecule has 3 atom stereocenters. The molecule has 0 saturated carbocycles. The molecule has 1 saturated heterocycles. The summed E-state index contributed by atoms with van der Waals surface area (Å²) in [6.07, 6.45) is 1.80. The minimum absolute atomic E-state index is 0.00297. The van der Waals surface area contributed by atoms with Gasteiger partial charge in [0.2, 0.25) is 0 Å². The molecule has 1 aromatic carbocycles. The van der Waals surface area contributed by atoms with Gasteiger partial charge in [-0.25, -0.2) is 0 Å². The molecule has 2 rings (SSSR count). The van der Waals surface area contributed by atoms with Crippen molar-refractivity contribution in [2.45, 2.75) is 46.6 Å². The third-order valence-corrected chi connectivity index (χ3v) is 4.84. The zero-order valence-electron chi connectivity index (χ0n) is 15.1. The van der Waals surface area contributed by atoms with E-state index in [1.54, 1.807) is 0 Å². The van der Waals surface area contributed by atoms with Gasteiger partial charge in [-0.1, -0.05) is 12.1 Å². The maximum absolute atomic E-state index is 12.6. The Morgan fingerprint density at radius 2 is 2.12 bits per heavy atom. The maximum atomic E-state index is 12.6. The molecule has 1 unspecified atom stereocenters. The second-order valence-electron chi connectivity index (χ2n) is 6.73. The van der Waals surface area contributed by atoms with Crippen LogP contribution in [0.5, 0.6) is 0 Å². The lowest BCUT2D eigenvalue weighted by Crippen LogP contribution is -3.18. The minimum atomic E-state index is -0.192. The summed E-state index contributed by atoms with van der Waals surface area (Å²) in [4.78, 5) is 25.8. The summed E-state index contributed by atoms with van der Waals surface area (Å²) in [6, 6.07) is 5.85. The van der Waals surface area contributed by atoms with Crippen LogP contribution in [0.4, 0.5) is 5.69 Å². The number of carbonyl (C=O) groups is 2. The molecule has 2 N–H and O–H groups in total. The molecule has 1 aliphatic heterocycles. The van der Waals surface area contributed by atoms with Crippen LogP contribution in [0, 0.1) is 19.8 Å². The minimum Gasteiger partial charge on any atom is -0.466 e. The quantitative estimate of drug-likeness (QED) is 0.803. The van der Waals surface area contributed by atoms with Crippen molar-refractivity contribution < 1.29 is 19.2 Å². The van der Waals surface area contributed by atoms with Crippen molar-refractivity contribution in [3.63, 3.8) is 0 Å². The number of esters is 1. The number of hydrogen-bond acceptors (Lipinski definition) is 3. The number of likely N-dealkylation sites (tertiary alicyclic amines) is 1. The van der Waals surface area contributed by atoms with Gasteiger partial charge in [0.05, 0.1) is 19.7 Å². The van der Waals surface area contributed by atoms with Crippen molar-refractivity contribution in [1.29, 1.82) is 0 Å². The number of hydrogen-bond donors (Lipinski definition) is 2. The molecule has 5 heteroatoms. The molecule has 0 aromatic heterocycles. The molecule has 0 spiro atoms. The Labute approximate surface area is 144 Å². The molecule has 1 amide bonds. The Morgan fingerprint density at radius 3 is 2.83 bits per heavy atom. The highest BCUT2D eigenvalue weighted by Crippen LogP contribution is 2.16. The lowest BCUT2D eigenvalue weighted by Gasteiger charge is -2.32. The average molecular weight is 333 g/mol. The highest BCUT2D eigenvalue weighted by molar-refractivity contribution is 5.94. The normalized spacial score (nSPS) is 21.8. The van der Waals surface area contributed by atoms with Crippen molar-refractivity contribution in [2.75, 3.05) is 25.0 Å². The number of amides is 1. The number of aryl methyl sites for hydroxylation is 2. The summed E-state index contributed by atoms with van der Waals surface area (Å²) in [7, 11) is 0. The van der Waals surface area contributed by atoms with E-state index >= 15 is 0 Å². The predicted molar refractivity (Wildman–Crippen MR) is 94.1 cm³/mol. The van der Waals surface area contributed by atoms with Crippen LogP contribution in [-0.4, -0.2) is 37.6 Å². The van der Waals surface area contributed by atoms with Crippen LogP contribution in [-0.2, 0) is 14.3 Å². The molecular weight excluding hydrogens is 304 g/mol. The van der Waals surface area contributed by atoms with Gasteiger partial charge in [0.15, 0.2) is 6.04 Å². The summed E-state index contributed by atoms with van der Waals surface area (Å²) in [5.74, 6) is -0.218. The van der Waals surface area contributed by atoms with E-state index in [1.165, 1.54) is 0 Å². The number of quaternary nitrogens is 1. The first-order valence-electron chi connectivity index (χ1n) is 8.81. The van der Waals surface area contributed by atoms with E-state index in [9.17, 15) is 9.59 Å². The fourth-order valence-corrected chi connectivity index (χ4v) is 3.25. The van der Waals surface area contributed by atoms with Gasteiger partial charge in [-0.05, 0) is 57.7 Å².